The van der Waals surface area contributed by atoms with Crippen molar-refractivity contribution < 1.29 is 4.74 Å². The second-order valence-electron chi connectivity index (χ2n) is 6.84. The number of rotatable bonds is 7. The molecule has 0 saturated carbocycles. The van der Waals surface area contributed by atoms with Crippen molar-refractivity contribution in [3.8, 4) is 23.0 Å². The van der Waals surface area contributed by atoms with Crippen molar-refractivity contribution >= 4 is 11.6 Å². The van der Waals surface area contributed by atoms with Gasteiger partial charge in [0.15, 0.2) is 5.75 Å². The van der Waals surface area contributed by atoms with Crippen molar-refractivity contribution in [2.45, 2.75) is 39.5 Å². The van der Waals surface area contributed by atoms with E-state index < -0.39 is 0 Å². The third-order valence-corrected chi connectivity index (χ3v) is 4.83. The molecule has 6 heteroatoms. The van der Waals surface area contributed by atoms with Gasteiger partial charge in [0, 0.05) is 30.6 Å². The Morgan fingerprint density at radius 3 is 2.68 bits per heavy atom. The Labute approximate surface area is 170 Å². The Morgan fingerprint density at radius 1 is 1.14 bits per heavy atom. The van der Waals surface area contributed by atoms with E-state index in [1.165, 1.54) is 10.6 Å². The third-order valence-electron chi connectivity index (χ3n) is 4.53. The lowest BCUT2D eigenvalue weighted by Gasteiger charge is -2.12. The molecule has 1 aromatic carbocycles. The van der Waals surface area contributed by atoms with E-state index in [2.05, 4.69) is 16.9 Å². The van der Waals surface area contributed by atoms with Gasteiger partial charge in [0.05, 0.1) is 10.7 Å². The first-order valence-corrected chi connectivity index (χ1v) is 9.83. The molecule has 0 aliphatic rings. The van der Waals surface area contributed by atoms with Crippen LogP contribution in [-0.4, -0.2) is 14.5 Å². The maximum atomic E-state index is 11.7. The van der Waals surface area contributed by atoms with Crippen LogP contribution in [-0.2, 0) is 13.5 Å². The van der Waals surface area contributed by atoms with E-state index in [0.717, 1.165) is 48.2 Å². The van der Waals surface area contributed by atoms with Crippen LogP contribution >= 0.6 is 11.6 Å². The predicted molar refractivity (Wildman–Crippen MR) is 112 cm³/mol. The van der Waals surface area contributed by atoms with Crippen LogP contribution in [0.1, 0.15) is 37.4 Å². The number of para-hydroxylation sites is 1. The quantitative estimate of drug-likeness (QED) is 0.505. The highest BCUT2D eigenvalue weighted by Gasteiger charge is 2.13. The molecule has 2 heterocycles. The summed E-state index contributed by atoms with van der Waals surface area (Å²) in [6, 6.07) is 11.1. The molecule has 0 saturated heterocycles. The highest BCUT2D eigenvalue weighted by atomic mass is 35.5. The highest BCUT2D eigenvalue weighted by Crippen LogP contribution is 2.32. The van der Waals surface area contributed by atoms with E-state index in [1.807, 2.05) is 25.1 Å². The van der Waals surface area contributed by atoms with Gasteiger partial charge in [-0.3, -0.25) is 4.79 Å². The summed E-state index contributed by atoms with van der Waals surface area (Å²) in [4.78, 5) is 20.9. The number of hydrogen-bond acceptors (Lipinski definition) is 4. The van der Waals surface area contributed by atoms with Gasteiger partial charge in [-0.05, 0) is 43.5 Å². The summed E-state index contributed by atoms with van der Waals surface area (Å²) in [7, 11) is 1.72. The first kappa shape index (κ1) is 20.1. The number of unbranched alkanes of at least 4 members (excludes halogenated alkanes) is 2. The lowest BCUT2D eigenvalue weighted by molar-refractivity contribution is 0.436. The molecule has 0 fully saturated rings. The summed E-state index contributed by atoms with van der Waals surface area (Å²) in [5.74, 6) is 0.557. The van der Waals surface area contributed by atoms with Gasteiger partial charge in [0.2, 0.25) is 5.56 Å². The van der Waals surface area contributed by atoms with E-state index >= 15 is 0 Å². The van der Waals surface area contributed by atoms with Gasteiger partial charge in [-0.25, -0.2) is 0 Å². The first-order valence-electron chi connectivity index (χ1n) is 9.46. The number of pyridine rings is 1. The fraction of sp³-hybridized carbons (Fsp3) is 0.318. The lowest BCUT2D eigenvalue weighted by Crippen LogP contribution is -2.14. The lowest BCUT2D eigenvalue weighted by atomic mass is 10.1. The zero-order valence-electron chi connectivity index (χ0n) is 16.4. The maximum absolute atomic E-state index is 11.7. The van der Waals surface area contributed by atoms with Gasteiger partial charge in [0.25, 0.3) is 0 Å². The van der Waals surface area contributed by atoms with Crippen molar-refractivity contribution in [1.82, 2.24) is 14.5 Å². The molecule has 0 radical (unpaired) electrons. The van der Waals surface area contributed by atoms with E-state index in [0.29, 0.717) is 10.8 Å². The molecule has 0 amide bonds. The van der Waals surface area contributed by atoms with Crippen LogP contribution in [0.25, 0.3) is 11.3 Å². The van der Waals surface area contributed by atoms with Crippen LogP contribution in [0.3, 0.4) is 0 Å². The minimum atomic E-state index is -0.0656. The van der Waals surface area contributed by atoms with Gasteiger partial charge in [-0.1, -0.05) is 43.5 Å². The van der Waals surface area contributed by atoms with E-state index in [-0.39, 0.29) is 11.6 Å². The molecule has 2 aromatic heterocycles. The van der Waals surface area contributed by atoms with Gasteiger partial charge < -0.3 is 9.30 Å². The third kappa shape index (κ3) is 4.78. The standard InChI is InChI=1S/C22H24ClN3O2/c1-4-5-6-9-17-13-19(16-11-12-20(27)26(3)14-16)25-22(24-17)28-21-15(2)8-7-10-18(21)23/h7-8,10-14H,4-6,9H2,1-3H3. The van der Waals surface area contributed by atoms with Crippen molar-refractivity contribution in [1.29, 1.82) is 0 Å². The van der Waals surface area contributed by atoms with Gasteiger partial charge >= 0.3 is 6.01 Å². The van der Waals surface area contributed by atoms with E-state index in [9.17, 15) is 4.79 Å². The Hall–Kier alpha value is -2.66. The van der Waals surface area contributed by atoms with Crippen LogP contribution in [0.5, 0.6) is 11.8 Å². The van der Waals surface area contributed by atoms with E-state index in [4.69, 9.17) is 16.3 Å². The molecule has 5 nitrogen and oxygen atoms in total. The molecule has 146 valence electrons. The molecule has 0 aliphatic heterocycles. The van der Waals surface area contributed by atoms with Crippen LogP contribution in [0.4, 0.5) is 0 Å². The molecule has 0 N–H and O–H groups in total. The molecule has 0 aliphatic carbocycles. The fourth-order valence-corrected chi connectivity index (χ4v) is 3.19. The number of ether oxygens (including phenoxy) is 1. The van der Waals surface area contributed by atoms with Crippen LogP contribution < -0.4 is 10.3 Å². The molecule has 28 heavy (non-hydrogen) atoms. The monoisotopic (exact) mass is 397 g/mol. The summed E-state index contributed by atoms with van der Waals surface area (Å²) in [6.07, 6.45) is 5.93. The molecular formula is C22H24ClN3O2. The van der Waals surface area contributed by atoms with Crippen molar-refractivity contribution in [3.63, 3.8) is 0 Å². The average Bonchev–Trinajstić information content (AvgIpc) is 2.67. The second-order valence-corrected chi connectivity index (χ2v) is 7.25. The fourth-order valence-electron chi connectivity index (χ4n) is 2.93. The Kier molecular flexibility index (Phi) is 6.47. The Balaban J connectivity index is 2.01. The van der Waals surface area contributed by atoms with Crippen LogP contribution in [0, 0.1) is 6.92 Å². The van der Waals surface area contributed by atoms with Crippen molar-refractivity contribution in [3.05, 3.63) is 69.2 Å². The zero-order valence-corrected chi connectivity index (χ0v) is 17.2. The maximum Gasteiger partial charge on any atom is 0.322 e. The van der Waals surface area contributed by atoms with Crippen molar-refractivity contribution in [2.75, 3.05) is 0 Å². The molecular weight excluding hydrogens is 374 g/mol. The van der Waals surface area contributed by atoms with Crippen molar-refractivity contribution in [2.24, 2.45) is 7.05 Å². The Bertz CT molecular complexity index is 1010. The molecule has 0 atom stereocenters. The summed E-state index contributed by atoms with van der Waals surface area (Å²) in [5, 5.41) is 0.517. The molecule has 0 spiro atoms. The topological polar surface area (TPSA) is 57.0 Å². The summed E-state index contributed by atoms with van der Waals surface area (Å²) in [5.41, 5.74) is 3.31. The number of hydrogen-bond donors (Lipinski definition) is 0. The molecule has 3 aromatic rings. The highest BCUT2D eigenvalue weighted by molar-refractivity contribution is 6.32. The minimum Gasteiger partial charge on any atom is -0.422 e. The number of benzene rings is 1. The first-order chi connectivity index (χ1) is 13.5. The summed E-state index contributed by atoms with van der Waals surface area (Å²) >= 11 is 6.30. The molecule has 0 unspecified atom stereocenters. The number of halogens is 1. The van der Waals surface area contributed by atoms with Gasteiger partial charge in [0.1, 0.15) is 0 Å². The largest absolute Gasteiger partial charge is 0.422 e. The van der Waals surface area contributed by atoms with Gasteiger partial charge in [-0.2, -0.15) is 9.97 Å². The Morgan fingerprint density at radius 2 is 1.96 bits per heavy atom. The summed E-state index contributed by atoms with van der Waals surface area (Å²) in [6.45, 7) is 4.10. The number of aryl methyl sites for hydroxylation is 3. The normalized spacial score (nSPS) is 10.9. The molecule has 3 rings (SSSR count). The molecule has 0 bridgehead atoms. The minimum absolute atomic E-state index is 0.0656. The van der Waals surface area contributed by atoms with Crippen LogP contribution in [0.2, 0.25) is 5.02 Å². The van der Waals surface area contributed by atoms with E-state index in [1.54, 1.807) is 25.4 Å². The summed E-state index contributed by atoms with van der Waals surface area (Å²) < 4.78 is 7.51. The predicted octanol–water partition coefficient (Wildman–Crippen LogP) is 5.33. The number of aromatic nitrogens is 3. The van der Waals surface area contributed by atoms with Crippen LogP contribution in [0.15, 0.2) is 47.4 Å². The zero-order chi connectivity index (χ0) is 20.1. The number of nitrogens with zero attached hydrogens (tertiary/aromatic N) is 3. The van der Waals surface area contributed by atoms with Gasteiger partial charge in [-0.15, -0.1) is 0 Å². The average molecular weight is 398 g/mol. The SMILES string of the molecule is CCCCCc1cc(-c2ccc(=O)n(C)c2)nc(Oc2c(C)cccc2Cl)n1. The second kappa shape index (κ2) is 9.02. The smallest absolute Gasteiger partial charge is 0.322 e.